The van der Waals surface area contributed by atoms with Gasteiger partial charge in [-0.05, 0) is 38.5 Å². The topological polar surface area (TPSA) is 98.3 Å². The Labute approximate surface area is 129 Å². The minimum Gasteiger partial charge on any atom is -0.480 e. The number of aromatic amines is 1. The van der Waals surface area contributed by atoms with Gasteiger partial charge in [0.25, 0.3) is 5.91 Å². The highest BCUT2D eigenvalue weighted by molar-refractivity contribution is 5.92. The zero-order chi connectivity index (χ0) is 15.7. The first-order valence-electron chi connectivity index (χ1n) is 7.79. The van der Waals surface area contributed by atoms with Gasteiger partial charge >= 0.3 is 5.97 Å². The summed E-state index contributed by atoms with van der Waals surface area (Å²) >= 11 is 0. The van der Waals surface area contributed by atoms with E-state index in [1.807, 2.05) is 0 Å². The molecule has 0 spiro atoms. The van der Waals surface area contributed by atoms with Crippen molar-refractivity contribution in [3.05, 3.63) is 17.7 Å². The van der Waals surface area contributed by atoms with E-state index >= 15 is 0 Å². The van der Waals surface area contributed by atoms with Crippen molar-refractivity contribution >= 4 is 11.9 Å². The summed E-state index contributed by atoms with van der Waals surface area (Å²) in [4.78, 5) is 32.0. The lowest BCUT2D eigenvalue weighted by molar-refractivity contribution is -0.139. The molecule has 120 valence electrons. The molecule has 1 aromatic heterocycles. The Morgan fingerprint density at radius 1 is 1.45 bits per heavy atom. The molecule has 7 nitrogen and oxygen atoms in total. The van der Waals surface area contributed by atoms with Crippen molar-refractivity contribution in [2.45, 2.75) is 44.7 Å². The number of rotatable bonds is 7. The first-order valence-corrected chi connectivity index (χ1v) is 7.79. The van der Waals surface area contributed by atoms with Crippen LogP contribution < -0.4 is 5.32 Å². The van der Waals surface area contributed by atoms with Crippen LogP contribution in [-0.4, -0.2) is 57.0 Å². The fourth-order valence-electron chi connectivity index (χ4n) is 2.95. The monoisotopic (exact) mass is 306 g/mol. The first-order chi connectivity index (χ1) is 10.5. The number of amides is 1. The Morgan fingerprint density at radius 3 is 2.73 bits per heavy atom. The molecule has 7 heteroatoms. The van der Waals surface area contributed by atoms with Gasteiger partial charge in [0.1, 0.15) is 11.5 Å². The van der Waals surface area contributed by atoms with Gasteiger partial charge in [-0.2, -0.15) is 0 Å². The second-order valence-electron chi connectivity index (χ2n) is 6.44. The third-order valence-electron chi connectivity index (χ3n) is 4.44. The summed E-state index contributed by atoms with van der Waals surface area (Å²) in [6, 6.07) is 0.391. The number of carbonyl (C=O) groups excluding carboxylic acids is 1. The molecule has 3 rings (SSSR count). The third-order valence-corrected chi connectivity index (χ3v) is 4.44. The van der Waals surface area contributed by atoms with Crippen LogP contribution in [0, 0.1) is 12.8 Å². The van der Waals surface area contributed by atoms with E-state index in [-0.39, 0.29) is 24.5 Å². The Hall–Kier alpha value is -1.89. The smallest absolute Gasteiger partial charge is 0.317 e. The van der Waals surface area contributed by atoms with E-state index in [9.17, 15) is 9.59 Å². The van der Waals surface area contributed by atoms with Crippen LogP contribution in [-0.2, 0) is 4.79 Å². The number of carbonyl (C=O) groups is 2. The standard InChI is InChI=1S/C15H22N4O3/c1-9-16-6-13(17-9)15(22)18-11-4-12(5-11)19(8-14(20)21)7-10-2-3-10/h6,10-12H,2-5,7-8H2,1H3,(H,16,17)(H,18,22)(H,20,21). The number of hydrogen-bond acceptors (Lipinski definition) is 4. The predicted octanol–water partition coefficient (Wildman–Crippen LogP) is 0.776. The summed E-state index contributed by atoms with van der Waals surface area (Å²) in [5.41, 5.74) is 0.473. The van der Waals surface area contributed by atoms with Crippen molar-refractivity contribution in [1.82, 2.24) is 20.2 Å². The summed E-state index contributed by atoms with van der Waals surface area (Å²) in [7, 11) is 0. The van der Waals surface area contributed by atoms with Gasteiger partial charge in [-0.1, -0.05) is 0 Å². The van der Waals surface area contributed by atoms with Gasteiger partial charge in [0.2, 0.25) is 0 Å². The number of aliphatic carboxylic acids is 1. The number of aryl methyl sites for hydroxylation is 1. The lowest BCUT2D eigenvalue weighted by atomic mass is 9.85. The molecular weight excluding hydrogens is 284 g/mol. The van der Waals surface area contributed by atoms with E-state index in [1.54, 1.807) is 6.92 Å². The van der Waals surface area contributed by atoms with Crippen LogP contribution >= 0.6 is 0 Å². The highest BCUT2D eigenvalue weighted by Crippen LogP contribution is 2.33. The van der Waals surface area contributed by atoms with Crippen LogP contribution in [0.5, 0.6) is 0 Å². The van der Waals surface area contributed by atoms with E-state index in [1.165, 1.54) is 19.0 Å². The molecular formula is C15H22N4O3. The zero-order valence-corrected chi connectivity index (χ0v) is 12.7. The molecule has 0 bridgehead atoms. The van der Waals surface area contributed by atoms with Crippen molar-refractivity contribution in [3.8, 4) is 0 Å². The maximum absolute atomic E-state index is 12.0. The van der Waals surface area contributed by atoms with E-state index in [0.717, 1.165) is 19.4 Å². The number of H-pyrrole nitrogens is 1. The van der Waals surface area contributed by atoms with E-state index in [0.29, 0.717) is 17.4 Å². The van der Waals surface area contributed by atoms with Crippen molar-refractivity contribution in [1.29, 1.82) is 0 Å². The van der Waals surface area contributed by atoms with Gasteiger partial charge in [0, 0.05) is 18.6 Å². The van der Waals surface area contributed by atoms with Crippen LogP contribution in [0.4, 0.5) is 0 Å². The van der Waals surface area contributed by atoms with E-state index < -0.39 is 5.97 Å². The van der Waals surface area contributed by atoms with Crippen molar-refractivity contribution in [2.75, 3.05) is 13.1 Å². The summed E-state index contributed by atoms with van der Waals surface area (Å²) in [5, 5.41) is 12.0. The summed E-state index contributed by atoms with van der Waals surface area (Å²) in [5.74, 6) is 0.465. The molecule has 0 aliphatic heterocycles. The average molecular weight is 306 g/mol. The highest BCUT2D eigenvalue weighted by Gasteiger charge is 2.37. The molecule has 1 aromatic rings. The molecule has 2 aliphatic rings. The summed E-state index contributed by atoms with van der Waals surface area (Å²) in [6.45, 7) is 2.77. The number of carboxylic acids is 1. The minimum absolute atomic E-state index is 0.0988. The molecule has 0 saturated heterocycles. The maximum Gasteiger partial charge on any atom is 0.317 e. The predicted molar refractivity (Wildman–Crippen MR) is 79.5 cm³/mol. The lowest BCUT2D eigenvalue weighted by Crippen LogP contribution is -2.55. The molecule has 2 aliphatic carbocycles. The van der Waals surface area contributed by atoms with Crippen molar-refractivity contribution in [2.24, 2.45) is 5.92 Å². The fourth-order valence-corrected chi connectivity index (χ4v) is 2.95. The van der Waals surface area contributed by atoms with Crippen LogP contribution in [0.15, 0.2) is 6.20 Å². The number of aromatic nitrogens is 2. The summed E-state index contributed by atoms with van der Waals surface area (Å²) < 4.78 is 0. The fraction of sp³-hybridized carbons (Fsp3) is 0.667. The van der Waals surface area contributed by atoms with E-state index in [4.69, 9.17) is 5.11 Å². The number of nitrogens with zero attached hydrogens (tertiary/aromatic N) is 2. The number of carboxylic acid groups (broad SMARTS) is 1. The quantitative estimate of drug-likeness (QED) is 0.691. The largest absolute Gasteiger partial charge is 0.480 e. The number of hydrogen-bond donors (Lipinski definition) is 3. The Morgan fingerprint density at radius 2 is 2.18 bits per heavy atom. The van der Waals surface area contributed by atoms with Gasteiger partial charge in [-0.3, -0.25) is 14.5 Å². The normalized spacial score (nSPS) is 24.1. The number of nitrogens with one attached hydrogen (secondary N) is 2. The van der Waals surface area contributed by atoms with Crippen LogP contribution in [0.2, 0.25) is 0 Å². The molecule has 0 unspecified atom stereocenters. The molecule has 3 N–H and O–H groups in total. The summed E-state index contributed by atoms with van der Waals surface area (Å²) in [6.07, 6.45) is 5.59. The SMILES string of the molecule is Cc1ncc(C(=O)NC2CC(N(CC(=O)O)CC3CC3)C2)[nH]1. The molecule has 0 radical (unpaired) electrons. The van der Waals surface area contributed by atoms with Gasteiger partial charge in [0.15, 0.2) is 0 Å². The maximum atomic E-state index is 12.0. The van der Waals surface area contributed by atoms with Gasteiger partial charge in [-0.15, -0.1) is 0 Å². The number of imidazole rings is 1. The molecule has 2 fully saturated rings. The van der Waals surface area contributed by atoms with Gasteiger partial charge < -0.3 is 15.4 Å². The van der Waals surface area contributed by atoms with E-state index in [2.05, 4.69) is 20.2 Å². The molecule has 2 saturated carbocycles. The molecule has 1 amide bonds. The zero-order valence-electron chi connectivity index (χ0n) is 12.7. The van der Waals surface area contributed by atoms with Crippen molar-refractivity contribution < 1.29 is 14.7 Å². The van der Waals surface area contributed by atoms with Crippen LogP contribution in [0.25, 0.3) is 0 Å². The van der Waals surface area contributed by atoms with Crippen LogP contribution in [0.3, 0.4) is 0 Å². The second-order valence-corrected chi connectivity index (χ2v) is 6.44. The highest BCUT2D eigenvalue weighted by atomic mass is 16.4. The molecule has 22 heavy (non-hydrogen) atoms. The van der Waals surface area contributed by atoms with Crippen molar-refractivity contribution in [3.63, 3.8) is 0 Å². The molecule has 0 atom stereocenters. The molecule has 1 heterocycles. The average Bonchev–Trinajstić information content (AvgIpc) is 3.10. The Bertz CT molecular complexity index is 561. The Kier molecular flexibility index (Phi) is 4.15. The Balaban J connectivity index is 1.47. The third kappa shape index (κ3) is 3.65. The minimum atomic E-state index is -0.777. The lowest BCUT2D eigenvalue weighted by Gasteiger charge is -2.42. The second kappa shape index (κ2) is 6.08. The van der Waals surface area contributed by atoms with Gasteiger partial charge in [-0.25, -0.2) is 4.98 Å². The van der Waals surface area contributed by atoms with Gasteiger partial charge in [0.05, 0.1) is 12.7 Å². The van der Waals surface area contributed by atoms with Crippen LogP contribution in [0.1, 0.15) is 42.0 Å². The molecule has 0 aromatic carbocycles. The first kappa shape index (κ1) is 15.0.